The topological polar surface area (TPSA) is 82.8 Å². The van der Waals surface area contributed by atoms with Gasteiger partial charge in [0.05, 0.1) is 16.9 Å². The lowest BCUT2D eigenvalue weighted by molar-refractivity contribution is -0.142. The summed E-state index contributed by atoms with van der Waals surface area (Å²) in [5.74, 6) is 0.584. The predicted octanol–water partition coefficient (Wildman–Crippen LogP) is 5.17. The molecule has 0 amide bonds. The Morgan fingerprint density at radius 3 is 2.65 bits per heavy atom. The van der Waals surface area contributed by atoms with E-state index in [0.29, 0.717) is 17.4 Å². The van der Waals surface area contributed by atoms with E-state index in [4.69, 9.17) is 25.9 Å². The summed E-state index contributed by atoms with van der Waals surface area (Å²) < 4.78 is 15.5. The minimum absolute atomic E-state index is 0.131. The number of carbonyl (C=O) groups excluding carboxylic acids is 1. The third-order valence-corrected chi connectivity index (χ3v) is 6.90. The number of fused-ring (bicyclic) bond motifs is 1. The van der Waals surface area contributed by atoms with E-state index in [1.807, 2.05) is 36.5 Å². The number of nitrogens with one attached hydrogen (secondary N) is 1. The van der Waals surface area contributed by atoms with Crippen LogP contribution in [0.1, 0.15) is 43.1 Å². The van der Waals surface area contributed by atoms with Crippen LogP contribution in [0.4, 0.5) is 5.69 Å². The van der Waals surface area contributed by atoms with E-state index >= 15 is 0 Å². The van der Waals surface area contributed by atoms with Crippen LogP contribution in [-0.2, 0) is 32.1 Å². The van der Waals surface area contributed by atoms with Gasteiger partial charge in [0, 0.05) is 24.5 Å². The molecule has 2 aromatic carbocycles. The number of hydrogen-bond acceptors (Lipinski definition) is 7. The summed E-state index contributed by atoms with van der Waals surface area (Å²) in [6.45, 7) is 2.85. The monoisotopic (exact) mass is 519 g/mol. The number of rotatable bonds is 8. The van der Waals surface area contributed by atoms with Crippen LogP contribution in [0.15, 0.2) is 67.3 Å². The highest BCUT2D eigenvalue weighted by atomic mass is 35.5. The number of imidazole rings is 1. The second kappa shape index (κ2) is 9.84. The number of unbranched alkanes of at least 4 members (excludes halogenated alkanes) is 1. The smallest absolute Gasteiger partial charge is 0.347 e. The number of anilines is 1. The van der Waals surface area contributed by atoms with Crippen molar-refractivity contribution in [3.05, 3.63) is 89.5 Å². The Bertz CT molecular complexity index is 1490. The molecule has 37 heavy (non-hydrogen) atoms. The molecule has 0 aliphatic carbocycles. The fourth-order valence-corrected chi connectivity index (χ4v) is 5.14. The van der Waals surface area contributed by atoms with Crippen LogP contribution < -0.4 is 10.6 Å². The molecular formula is C27H26ClN5O4. The molecule has 6 rings (SSSR count). The van der Waals surface area contributed by atoms with E-state index in [1.165, 1.54) is 12.5 Å². The number of ether oxygens (including phenoxy) is 2. The number of benzene rings is 2. The van der Waals surface area contributed by atoms with E-state index in [9.17, 15) is 4.79 Å². The third-order valence-electron chi connectivity index (χ3n) is 6.62. The molecule has 4 aromatic rings. The predicted molar refractivity (Wildman–Crippen MR) is 139 cm³/mol. The second-order valence-electron chi connectivity index (χ2n) is 8.95. The zero-order valence-electron chi connectivity index (χ0n) is 20.3. The van der Waals surface area contributed by atoms with Gasteiger partial charge in [0.15, 0.2) is 5.15 Å². The Hall–Kier alpha value is -3.95. The average Bonchev–Trinajstić information content (AvgIpc) is 3.70. The molecule has 2 aliphatic rings. The van der Waals surface area contributed by atoms with E-state index in [2.05, 4.69) is 44.8 Å². The lowest BCUT2D eigenvalue weighted by atomic mass is 10.1. The minimum atomic E-state index is -0.621. The molecule has 0 unspecified atom stereocenters. The van der Waals surface area contributed by atoms with Crippen molar-refractivity contribution < 1.29 is 19.1 Å². The highest BCUT2D eigenvalue weighted by Crippen LogP contribution is 2.34. The average molecular weight is 520 g/mol. The molecule has 9 nitrogen and oxygen atoms in total. The lowest BCUT2D eigenvalue weighted by Crippen LogP contribution is -2.30. The highest BCUT2D eigenvalue weighted by Gasteiger charge is 2.28. The Labute approximate surface area is 218 Å². The van der Waals surface area contributed by atoms with Crippen molar-refractivity contribution in [3.8, 4) is 5.69 Å². The van der Waals surface area contributed by atoms with Gasteiger partial charge in [-0.3, -0.25) is 5.01 Å². The first kappa shape index (κ1) is 23.4. The number of aromatic nitrogens is 3. The van der Waals surface area contributed by atoms with Gasteiger partial charge < -0.3 is 23.4 Å². The summed E-state index contributed by atoms with van der Waals surface area (Å²) in [5, 5.41) is 3.19. The zero-order valence-corrected chi connectivity index (χ0v) is 21.0. The van der Waals surface area contributed by atoms with Gasteiger partial charge in [0.1, 0.15) is 30.6 Å². The third kappa shape index (κ3) is 4.30. The summed E-state index contributed by atoms with van der Waals surface area (Å²) in [7, 11) is 0. The largest absolute Gasteiger partial charge is 0.454 e. The minimum Gasteiger partial charge on any atom is -0.454 e. The van der Waals surface area contributed by atoms with Crippen LogP contribution in [0.25, 0.3) is 16.6 Å². The first-order chi connectivity index (χ1) is 18.1. The van der Waals surface area contributed by atoms with E-state index in [1.54, 1.807) is 5.01 Å². The maximum atomic E-state index is 11.7. The quantitative estimate of drug-likeness (QED) is 0.344. The number of para-hydroxylation sites is 2. The molecule has 10 heteroatoms. The van der Waals surface area contributed by atoms with E-state index < -0.39 is 6.29 Å². The highest BCUT2D eigenvalue weighted by molar-refractivity contribution is 6.30. The van der Waals surface area contributed by atoms with Gasteiger partial charge in [-0.2, -0.15) is 0 Å². The zero-order chi connectivity index (χ0) is 25.4. The Morgan fingerprint density at radius 1 is 1.08 bits per heavy atom. The van der Waals surface area contributed by atoms with Crippen molar-refractivity contribution in [2.24, 2.45) is 0 Å². The number of nitrogens with zero attached hydrogens (tertiary/aromatic N) is 4. The Kier molecular flexibility index (Phi) is 6.23. The van der Waals surface area contributed by atoms with Crippen LogP contribution in [0, 0.1) is 0 Å². The maximum Gasteiger partial charge on any atom is 0.347 e. The molecule has 1 saturated heterocycles. The van der Waals surface area contributed by atoms with E-state index in [0.717, 1.165) is 52.9 Å². The molecule has 2 aromatic heterocycles. The Balaban J connectivity index is 1.40. The molecule has 1 N–H and O–H groups in total. The molecule has 4 heterocycles. The van der Waals surface area contributed by atoms with Gasteiger partial charge in [-0.15, -0.1) is 0 Å². The summed E-state index contributed by atoms with van der Waals surface area (Å²) in [6, 6.07) is 16.2. The Morgan fingerprint density at radius 2 is 1.89 bits per heavy atom. The molecule has 2 aliphatic heterocycles. The number of aryl methyl sites for hydroxylation is 1. The molecular weight excluding hydrogens is 494 g/mol. The second-order valence-corrected chi connectivity index (χ2v) is 9.30. The van der Waals surface area contributed by atoms with E-state index in [-0.39, 0.29) is 12.5 Å². The molecule has 0 bridgehead atoms. The molecule has 190 valence electrons. The summed E-state index contributed by atoms with van der Waals surface area (Å²) in [4.78, 5) is 21.3. The molecule has 0 atom stereocenters. The van der Waals surface area contributed by atoms with Crippen molar-refractivity contribution in [1.82, 2.24) is 19.7 Å². The maximum absolute atomic E-state index is 11.7. The van der Waals surface area contributed by atoms with Crippen molar-refractivity contribution in [2.45, 2.75) is 39.0 Å². The van der Waals surface area contributed by atoms with Crippen LogP contribution >= 0.6 is 11.6 Å². The van der Waals surface area contributed by atoms with Crippen molar-refractivity contribution in [3.63, 3.8) is 0 Å². The fourth-order valence-electron chi connectivity index (χ4n) is 4.86. The van der Waals surface area contributed by atoms with Crippen molar-refractivity contribution >= 4 is 34.2 Å². The number of halogens is 1. The molecule has 0 saturated carbocycles. The van der Waals surface area contributed by atoms with Gasteiger partial charge in [-0.25, -0.2) is 9.78 Å². The lowest BCUT2D eigenvalue weighted by Gasteiger charge is -2.19. The number of hydrazine groups is 1. The van der Waals surface area contributed by atoms with Gasteiger partial charge >= 0.3 is 5.97 Å². The number of hydrogen-bond donors (Lipinski definition) is 1. The van der Waals surface area contributed by atoms with Gasteiger partial charge in [-0.05, 0) is 36.2 Å². The van der Waals surface area contributed by atoms with Gasteiger partial charge in [0.25, 0.3) is 6.29 Å². The standard InChI is InChI=1S/C27H26ClN5O4/c1-2-3-11-23-29-26(28)25(27-35-14-15-36-27)32(23)16-18-7-6-10-20-19(18)12-13-31(20)21-8-4-5-9-22(21)33-17-24(34)37-30-33/h4-10,12-15,27,30H,2-3,11,16-17H2,1H3. The van der Waals surface area contributed by atoms with Crippen LogP contribution in [0.5, 0.6) is 0 Å². The van der Waals surface area contributed by atoms with Crippen LogP contribution in [0.3, 0.4) is 0 Å². The summed E-state index contributed by atoms with van der Waals surface area (Å²) in [6.07, 6.45) is 7.34. The van der Waals surface area contributed by atoms with Crippen molar-refractivity contribution in [1.29, 1.82) is 0 Å². The SMILES string of the molecule is CCCCc1nc(Cl)c(C2OC=CO2)n1Cc1cccc2c1ccn2-c1ccccc1N1CC(=O)ON1. The van der Waals surface area contributed by atoms with Crippen LogP contribution in [0.2, 0.25) is 5.15 Å². The first-order valence-electron chi connectivity index (χ1n) is 12.3. The molecule has 0 radical (unpaired) electrons. The fraction of sp³-hybridized carbons (Fsp3) is 0.259. The summed E-state index contributed by atoms with van der Waals surface area (Å²) in [5.41, 5.74) is 7.32. The van der Waals surface area contributed by atoms with Crippen molar-refractivity contribution in [2.75, 3.05) is 11.6 Å². The summed E-state index contributed by atoms with van der Waals surface area (Å²) >= 11 is 6.60. The normalized spacial score (nSPS) is 15.4. The number of carbonyl (C=O) groups is 1. The van der Waals surface area contributed by atoms with Crippen LogP contribution in [-0.4, -0.2) is 26.6 Å². The molecule has 1 fully saturated rings. The van der Waals surface area contributed by atoms with Gasteiger partial charge in [0.2, 0.25) is 0 Å². The first-order valence-corrected chi connectivity index (χ1v) is 12.6. The molecule has 0 spiro atoms. The van der Waals surface area contributed by atoms with Gasteiger partial charge in [-0.1, -0.05) is 54.8 Å².